The second-order valence-corrected chi connectivity index (χ2v) is 14.5. The van der Waals surface area contributed by atoms with Crippen LogP contribution in [0.4, 0.5) is 0 Å². The van der Waals surface area contributed by atoms with Crippen molar-refractivity contribution in [1.82, 2.24) is 19.9 Å². The molecule has 0 aliphatic heterocycles. The van der Waals surface area contributed by atoms with Gasteiger partial charge in [0.05, 0.1) is 10.2 Å². The van der Waals surface area contributed by atoms with Gasteiger partial charge in [0.1, 0.15) is 16.2 Å². The first-order chi connectivity index (χ1) is 26.7. The SMILES string of the molecule is c1ccc(-c2nc3cc4oc5c(-c6cccc(-c7nc(-c8ccc9ccccc9c8)nc(-c8ccc9ccccc9c8)n7)c6)cccc5c4cc3s2)cc1. The van der Waals surface area contributed by atoms with Crippen molar-refractivity contribution in [2.45, 2.75) is 0 Å². The summed E-state index contributed by atoms with van der Waals surface area (Å²) >= 11 is 1.71. The van der Waals surface area contributed by atoms with Crippen molar-refractivity contribution in [3.63, 3.8) is 0 Å². The van der Waals surface area contributed by atoms with Gasteiger partial charge in [0, 0.05) is 44.7 Å². The monoisotopic (exact) mass is 708 g/mol. The third kappa shape index (κ3) is 5.23. The molecule has 0 atom stereocenters. The van der Waals surface area contributed by atoms with E-state index in [1.54, 1.807) is 11.3 Å². The minimum atomic E-state index is 0.607. The maximum Gasteiger partial charge on any atom is 0.164 e. The summed E-state index contributed by atoms with van der Waals surface area (Å²) in [7, 11) is 0. The lowest BCUT2D eigenvalue weighted by Gasteiger charge is -2.11. The van der Waals surface area contributed by atoms with E-state index in [0.717, 1.165) is 81.3 Å². The van der Waals surface area contributed by atoms with Crippen LogP contribution in [0.5, 0.6) is 0 Å². The predicted octanol–water partition coefficient (Wildman–Crippen LogP) is 13.0. The fourth-order valence-electron chi connectivity index (χ4n) is 7.40. The molecular formula is C48H28N4OS. The Hall–Kier alpha value is -7.02. The average molecular weight is 709 g/mol. The van der Waals surface area contributed by atoms with Gasteiger partial charge in [0.25, 0.3) is 0 Å². The standard InChI is InChI=1S/C48H28N4OS/c1-2-12-31(13-3-1)48-49-41-28-42-40(27-43(41)54-48)39-19-9-18-38(44(39)53-42)34-16-8-17-35(26-34)45-50-46(36-22-20-29-10-4-6-14-32(29)24-36)52-47(51-45)37-23-21-30-11-5-7-15-33(30)25-37/h1-28H. The number of thiazole rings is 1. The van der Waals surface area contributed by atoms with E-state index in [9.17, 15) is 0 Å². The molecule has 0 radical (unpaired) electrons. The summed E-state index contributed by atoms with van der Waals surface area (Å²) in [4.78, 5) is 20.2. The highest BCUT2D eigenvalue weighted by Gasteiger charge is 2.18. The number of aromatic nitrogens is 4. The van der Waals surface area contributed by atoms with E-state index in [2.05, 4.69) is 152 Å². The number of nitrogens with zero attached hydrogens (tertiary/aromatic N) is 4. The van der Waals surface area contributed by atoms with Gasteiger partial charge in [-0.15, -0.1) is 11.3 Å². The maximum atomic E-state index is 6.65. The second kappa shape index (κ2) is 12.3. The molecular weight excluding hydrogens is 681 g/mol. The zero-order valence-corrected chi connectivity index (χ0v) is 29.6. The molecule has 5 nitrogen and oxygen atoms in total. The summed E-state index contributed by atoms with van der Waals surface area (Å²) < 4.78 is 7.79. The highest BCUT2D eigenvalue weighted by Crippen LogP contribution is 2.40. The van der Waals surface area contributed by atoms with Gasteiger partial charge >= 0.3 is 0 Å². The lowest BCUT2D eigenvalue weighted by atomic mass is 10.00. The van der Waals surface area contributed by atoms with Gasteiger partial charge in [0.2, 0.25) is 0 Å². The Morgan fingerprint density at radius 3 is 1.65 bits per heavy atom. The molecule has 3 aromatic heterocycles. The Bertz CT molecular complexity index is 3140. The van der Waals surface area contributed by atoms with E-state index in [1.807, 2.05) is 18.2 Å². The molecule has 3 heterocycles. The van der Waals surface area contributed by atoms with Crippen molar-refractivity contribution in [3.8, 4) is 55.9 Å². The number of para-hydroxylation sites is 1. The Balaban J connectivity index is 1.04. The molecule has 11 rings (SSSR count). The molecule has 0 fully saturated rings. The minimum absolute atomic E-state index is 0.607. The highest BCUT2D eigenvalue weighted by atomic mass is 32.1. The molecule has 0 bridgehead atoms. The summed E-state index contributed by atoms with van der Waals surface area (Å²) in [5.41, 5.74) is 8.51. The zero-order valence-electron chi connectivity index (χ0n) is 28.8. The normalized spacial score (nSPS) is 11.7. The first-order valence-corrected chi connectivity index (χ1v) is 18.7. The third-order valence-corrected chi connectivity index (χ3v) is 11.2. The van der Waals surface area contributed by atoms with Gasteiger partial charge in [-0.25, -0.2) is 19.9 Å². The Kier molecular flexibility index (Phi) is 6.97. The van der Waals surface area contributed by atoms with Crippen LogP contribution in [0.15, 0.2) is 174 Å². The molecule has 0 N–H and O–H groups in total. The highest BCUT2D eigenvalue weighted by molar-refractivity contribution is 7.21. The third-order valence-electron chi connectivity index (χ3n) is 10.1. The van der Waals surface area contributed by atoms with Crippen LogP contribution < -0.4 is 0 Å². The van der Waals surface area contributed by atoms with Crippen LogP contribution in [0.1, 0.15) is 0 Å². The molecule has 0 unspecified atom stereocenters. The van der Waals surface area contributed by atoms with Crippen LogP contribution in [0.3, 0.4) is 0 Å². The van der Waals surface area contributed by atoms with Crippen LogP contribution in [0.2, 0.25) is 0 Å². The van der Waals surface area contributed by atoms with E-state index >= 15 is 0 Å². The van der Waals surface area contributed by atoms with Crippen molar-refractivity contribution >= 4 is 65.0 Å². The second-order valence-electron chi connectivity index (χ2n) is 13.5. The van der Waals surface area contributed by atoms with E-state index < -0.39 is 0 Å². The molecule has 8 aromatic carbocycles. The Morgan fingerprint density at radius 1 is 0.389 bits per heavy atom. The van der Waals surface area contributed by atoms with Gasteiger partial charge < -0.3 is 4.42 Å². The van der Waals surface area contributed by atoms with Gasteiger partial charge in [0.15, 0.2) is 17.5 Å². The number of rotatable bonds is 5. The molecule has 0 aliphatic rings. The molecule has 11 aromatic rings. The largest absolute Gasteiger partial charge is 0.455 e. The summed E-state index contributed by atoms with van der Waals surface area (Å²) in [6, 6.07) is 58.8. The number of hydrogen-bond donors (Lipinski definition) is 0. The zero-order chi connectivity index (χ0) is 35.6. The average Bonchev–Trinajstić information content (AvgIpc) is 3.83. The van der Waals surface area contributed by atoms with Gasteiger partial charge in [-0.1, -0.05) is 140 Å². The molecule has 0 spiro atoms. The summed E-state index contributed by atoms with van der Waals surface area (Å²) in [5, 5.41) is 7.77. The predicted molar refractivity (Wildman–Crippen MR) is 222 cm³/mol. The van der Waals surface area contributed by atoms with Crippen molar-refractivity contribution in [3.05, 3.63) is 170 Å². The number of fused-ring (bicyclic) bond motifs is 6. The first-order valence-electron chi connectivity index (χ1n) is 17.9. The molecule has 0 saturated carbocycles. The number of hydrogen-bond acceptors (Lipinski definition) is 6. The lowest BCUT2D eigenvalue weighted by Crippen LogP contribution is -2.00. The Labute approximate surface area is 313 Å². The number of furan rings is 1. The molecule has 6 heteroatoms. The van der Waals surface area contributed by atoms with Crippen molar-refractivity contribution in [2.24, 2.45) is 0 Å². The minimum Gasteiger partial charge on any atom is -0.455 e. The lowest BCUT2D eigenvalue weighted by molar-refractivity contribution is 0.670. The summed E-state index contributed by atoms with van der Waals surface area (Å²) in [6.45, 7) is 0. The van der Waals surface area contributed by atoms with Crippen molar-refractivity contribution < 1.29 is 4.42 Å². The van der Waals surface area contributed by atoms with E-state index in [1.165, 1.54) is 10.8 Å². The van der Waals surface area contributed by atoms with Gasteiger partial charge in [-0.2, -0.15) is 0 Å². The van der Waals surface area contributed by atoms with Crippen LogP contribution >= 0.6 is 11.3 Å². The molecule has 252 valence electrons. The molecule has 0 saturated heterocycles. The summed E-state index contributed by atoms with van der Waals surface area (Å²) in [6.07, 6.45) is 0. The van der Waals surface area contributed by atoms with Crippen LogP contribution in [0.25, 0.3) is 110 Å². The molecule has 0 aliphatic carbocycles. The first kappa shape index (κ1) is 30.6. The van der Waals surface area contributed by atoms with Crippen molar-refractivity contribution in [1.29, 1.82) is 0 Å². The smallest absolute Gasteiger partial charge is 0.164 e. The molecule has 0 amide bonds. The van der Waals surface area contributed by atoms with Crippen LogP contribution in [-0.4, -0.2) is 19.9 Å². The van der Waals surface area contributed by atoms with Crippen LogP contribution in [0, 0.1) is 0 Å². The topological polar surface area (TPSA) is 64.7 Å². The fourth-order valence-corrected chi connectivity index (χ4v) is 8.39. The van der Waals surface area contributed by atoms with Crippen molar-refractivity contribution in [2.75, 3.05) is 0 Å². The van der Waals surface area contributed by atoms with E-state index in [0.29, 0.717) is 17.5 Å². The van der Waals surface area contributed by atoms with Gasteiger partial charge in [-0.05, 0) is 51.4 Å². The maximum absolute atomic E-state index is 6.65. The van der Waals surface area contributed by atoms with Crippen LogP contribution in [-0.2, 0) is 0 Å². The summed E-state index contributed by atoms with van der Waals surface area (Å²) in [5.74, 6) is 1.86. The van der Waals surface area contributed by atoms with Gasteiger partial charge in [-0.3, -0.25) is 0 Å². The fraction of sp³-hybridized carbons (Fsp3) is 0. The van der Waals surface area contributed by atoms with E-state index in [-0.39, 0.29) is 0 Å². The Morgan fingerprint density at radius 2 is 0.963 bits per heavy atom. The van der Waals surface area contributed by atoms with E-state index in [4.69, 9.17) is 24.4 Å². The molecule has 54 heavy (non-hydrogen) atoms. The quantitative estimate of drug-likeness (QED) is 0.178. The number of benzene rings is 8.